The van der Waals surface area contributed by atoms with Crippen LogP contribution >= 0.6 is 0 Å². The molecule has 0 spiro atoms. The summed E-state index contributed by atoms with van der Waals surface area (Å²) >= 11 is 0. The van der Waals surface area contributed by atoms with Gasteiger partial charge < -0.3 is 10.1 Å². The molecular formula is C22H18N4O3. The molecule has 1 N–H and O–H groups in total. The van der Waals surface area contributed by atoms with Crippen LogP contribution in [0.25, 0.3) is 22.2 Å². The number of ether oxygens (including phenoxy) is 1. The Morgan fingerprint density at radius 1 is 1.03 bits per heavy atom. The van der Waals surface area contributed by atoms with Gasteiger partial charge in [0.25, 0.3) is 5.56 Å². The number of benzene rings is 2. The molecule has 7 nitrogen and oxygen atoms in total. The highest BCUT2D eigenvalue weighted by atomic mass is 16.5. The Balaban J connectivity index is 1.60. The van der Waals surface area contributed by atoms with Gasteiger partial charge in [-0.2, -0.15) is 5.10 Å². The SMILES string of the molecule is COc1ccc(NC(=O)Cn2nc(-c3ccccc3)ccc2=O)c2ncccc12. The molecule has 2 heterocycles. The van der Waals surface area contributed by atoms with E-state index in [0.717, 1.165) is 15.6 Å². The second kappa shape index (κ2) is 7.93. The van der Waals surface area contributed by atoms with Gasteiger partial charge in [-0.25, -0.2) is 4.68 Å². The lowest BCUT2D eigenvalue weighted by atomic mass is 10.1. The number of anilines is 1. The third kappa shape index (κ3) is 3.84. The minimum absolute atomic E-state index is 0.208. The lowest BCUT2D eigenvalue weighted by molar-refractivity contribution is -0.117. The van der Waals surface area contributed by atoms with Gasteiger partial charge in [0.2, 0.25) is 5.91 Å². The Hall–Kier alpha value is -4.00. The van der Waals surface area contributed by atoms with Crippen LogP contribution in [0, 0.1) is 0 Å². The molecule has 0 atom stereocenters. The van der Waals surface area contributed by atoms with Crippen LogP contribution in [-0.4, -0.2) is 27.8 Å². The monoisotopic (exact) mass is 386 g/mol. The van der Waals surface area contributed by atoms with Crippen molar-refractivity contribution in [3.05, 3.63) is 83.3 Å². The molecule has 2 aromatic carbocycles. The highest BCUT2D eigenvalue weighted by molar-refractivity contribution is 6.02. The number of fused-ring (bicyclic) bond motifs is 1. The molecule has 0 bridgehead atoms. The molecule has 0 radical (unpaired) electrons. The molecule has 0 aliphatic rings. The first-order valence-electron chi connectivity index (χ1n) is 9.01. The van der Waals surface area contributed by atoms with Crippen LogP contribution in [0.4, 0.5) is 5.69 Å². The number of amides is 1. The molecule has 4 aromatic rings. The molecule has 4 rings (SSSR count). The molecule has 144 valence electrons. The molecule has 7 heteroatoms. The first-order chi connectivity index (χ1) is 14.2. The van der Waals surface area contributed by atoms with Crippen molar-refractivity contribution in [1.82, 2.24) is 14.8 Å². The van der Waals surface area contributed by atoms with Crippen LogP contribution < -0.4 is 15.6 Å². The quantitative estimate of drug-likeness (QED) is 0.570. The van der Waals surface area contributed by atoms with Crippen molar-refractivity contribution in [3.8, 4) is 17.0 Å². The van der Waals surface area contributed by atoms with E-state index in [1.54, 1.807) is 37.6 Å². The van der Waals surface area contributed by atoms with E-state index in [2.05, 4.69) is 15.4 Å². The Bertz CT molecular complexity index is 1240. The highest BCUT2D eigenvalue weighted by Gasteiger charge is 2.12. The first kappa shape index (κ1) is 18.4. The summed E-state index contributed by atoms with van der Waals surface area (Å²) in [6.07, 6.45) is 1.65. The highest BCUT2D eigenvalue weighted by Crippen LogP contribution is 2.29. The van der Waals surface area contributed by atoms with E-state index < -0.39 is 0 Å². The lowest BCUT2D eigenvalue weighted by Gasteiger charge is -2.11. The van der Waals surface area contributed by atoms with E-state index in [4.69, 9.17) is 4.74 Å². The Kier molecular flexibility index (Phi) is 5.03. The molecule has 0 saturated carbocycles. The minimum Gasteiger partial charge on any atom is -0.496 e. The number of hydrogen-bond acceptors (Lipinski definition) is 5. The van der Waals surface area contributed by atoms with E-state index in [-0.39, 0.29) is 18.0 Å². The fourth-order valence-electron chi connectivity index (χ4n) is 3.08. The van der Waals surface area contributed by atoms with Gasteiger partial charge in [-0.15, -0.1) is 0 Å². The number of rotatable bonds is 5. The molecule has 0 fully saturated rings. The second-order valence-electron chi connectivity index (χ2n) is 6.34. The molecule has 29 heavy (non-hydrogen) atoms. The largest absolute Gasteiger partial charge is 0.496 e. The van der Waals surface area contributed by atoms with E-state index in [0.29, 0.717) is 22.6 Å². The third-order valence-electron chi connectivity index (χ3n) is 4.45. The summed E-state index contributed by atoms with van der Waals surface area (Å²) in [5.41, 5.74) is 2.29. The molecule has 0 unspecified atom stereocenters. The summed E-state index contributed by atoms with van der Waals surface area (Å²) in [6, 6.07) is 19.7. The number of nitrogens with zero attached hydrogens (tertiary/aromatic N) is 3. The fourth-order valence-corrected chi connectivity index (χ4v) is 3.08. The van der Waals surface area contributed by atoms with Gasteiger partial charge in [-0.05, 0) is 30.3 Å². The van der Waals surface area contributed by atoms with E-state index in [1.807, 2.05) is 36.4 Å². The van der Waals surface area contributed by atoms with Crippen molar-refractivity contribution in [2.45, 2.75) is 6.54 Å². The van der Waals surface area contributed by atoms with Crippen molar-refractivity contribution >= 4 is 22.5 Å². The van der Waals surface area contributed by atoms with Crippen LogP contribution in [0.5, 0.6) is 5.75 Å². The summed E-state index contributed by atoms with van der Waals surface area (Å²) in [5.74, 6) is 0.293. The topological polar surface area (TPSA) is 86.1 Å². The molecule has 2 aromatic heterocycles. The summed E-state index contributed by atoms with van der Waals surface area (Å²) < 4.78 is 6.50. The van der Waals surface area contributed by atoms with Crippen LogP contribution in [0.1, 0.15) is 0 Å². The number of pyridine rings is 1. The number of aromatic nitrogens is 3. The van der Waals surface area contributed by atoms with Crippen LogP contribution in [0.15, 0.2) is 77.7 Å². The second-order valence-corrected chi connectivity index (χ2v) is 6.34. The summed E-state index contributed by atoms with van der Waals surface area (Å²) in [6.45, 7) is -0.208. The predicted octanol–water partition coefficient (Wildman–Crippen LogP) is 3.11. The average molecular weight is 386 g/mol. The third-order valence-corrected chi connectivity index (χ3v) is 4.45. The van der Waals surface area contributed by atoms with Gasteiger partial charge in [0, 0.05) is 23.2 Å². The molecule has 0 aliphatic heterocycles. The molecular weight excluding hydrogens is 368 g/mol. The normalized spacial score (nSPS) is 10.7. The van der Waals surface area contributed by atoms with Crippen molar-refractivity contribution in [3.63, 3.8) is 0 Å². The maximum Gasteiger partial charge on any atom is 0.267 e. The van der Waals surface area contributed by atoms with Crippen molar-refractivity contribution in [1.29, 1.82) is 0 Å². The average Bonchev–Trinajstić information content (AvgIpc) is 2.76. The molecule has 1 amide bonds. The summed E-state index contributed by atoms with van der Waals surface area (Å²) in [4.78, 5) is 29.1. The number of carbonyl (C=O) groups excluding carboxylic acids is 1. The zero-order valence-electron chi connectivity index (χ0n) is 15.7. The Morgan fingerprint density at radius 2 is 1.86 bits per heavy atom. The van der Waals surface area contributed by atoms with Gasteiger partial charge >= 0.3 is 0 Å². The van der Waals surface area contributed by atoms with E-state index in [9.17, 15) is 9.59 Å². The zero-order valence-corrected chi connectivity index (χ0v) is 15.7. The van der Waals surface area contributed by atoms with Gasteiger partial charge in [0.15, 0.2) is 0 Å². The van der Waals surface area contributed by atoms with Gasteiger partial charge in [0.1, 0.15) is 12.3 Å². The smallest absolute Gasteiger partial charge is 0.267 e. The van der Waals surface area contributed by atoms with Gasteiger partial charge in [0.05, 0.1) is 24.0 Å². The molecule has 0 aliphatic carbocycles. The van der Waals surface area contributed by atoms with Crippen molar-refractivity contribution in [2.24, 2.45) is 0 Å². The summed E-state index contributed by atoms with van der Waals surface area (Å²) in [7, 11) is 1.58. The minimum atomic E-state index is -0.373. The zero-order chi connectivity index (χ0) is 20.2. The van der Waals surface area contributed by atoms with E-state index >= 15 is 0 Å². The number of carbonyl (C=O) groups is 1. The maximum absolute atomic E-state index is 12.6. The first-order valence-corrected chi connectivity index (χ1v) is 9.01. The van der Waals surface area contributed by atoms with Crippen molar-refractivity contribution < 1.29 is 9.53 Å². The molecule has 0 saturated heterocycles. The number of methoxy groups -OCH3 is 1. The van der Waals surface area contributed by atoms with E-state index in [1.165, 1.54) is 6.07 Å². The van der Waals surface area contributed by atoms with Gasteiger partial charge in [-0.1, -0.05) is 30.3 Å². The standard InChI is InChI=1S/C22H18N4O3/c1-29-19-11-9-18(22-16(19)8-5-13-23-22)24-20(27)14-26-21(28)12-10-17(25-26)15-6-3-2-4-7-15/h2-13H,14H2,1H3,(H,24,27). The Morgan fingerprint density at radius 3 is 2.66 bits per heavy atom. The fraction of sp³-hybridized carbons (Fsp3) is 0.0909. The number of nitrogens with one attached hydrogen (secondary N) is 1. The maximum atomic E-state index is 12.6. The van der Waals surface area contributed by atoms with Crippen LogP contribution in [0.2, 0.25) is 0 Å². The lowest BCUT2D eigenvalue weighted by Crippen LogP contribution is -2.29. The summed E-state index contributed by atoms with van der Waals surface area (Å²) in [5, 5.41) is 7.92. The van der Waals surface area contributed by atoms with Crippen LogP contribution in [-0.2, 0) is 11.3 Å². The number of hydrogen-bond donors (Lipinski definition) is 1. The van der Waals surface area contributed by atoms with Gasteiger partial charge in [-0.3, -0.25) is 14.6 Å². The Labute approximate surface area is 166 Å². The predicted molar refractivity (Wildman–Crippen MR) is 111 cm³/mol. The van der Waals surface area contributed by atoms with Crippen LogP contribution in [0.3, 0.4) is 0 Å². The van der Waals surface area contributed by atoms with Crippen molar-refractivity contribution in [2.75, 3.05) is 12.4 Å².